The zero-order chi connectivity index (χ0) is 27.1. The highest BCUT2D eigenvalue weighted by atomic mass is 32.2. The number of nitrogens with two attached hydrogens (primary N) is 1. The molecule has 1 fully saturated rings. The van der Waals surface area contributed by atoms with Crippen LogP contribution in [0.4, 0.5) is 5.13 Å². The minimum absolute atomic E-state index is 0.0120. The third-order valence-electron chi connectivity index (χ3n) is 5.95. The van der Waals surface area contributed by atoms with E-state index in [1.165, 1.54) is 25.1 Å². The number of nitrogen functional groups attached to an aromatic ring is 1. The zero-order valence-corrected chi connectivity index (χ0v) is 22.5. The third kappa shape index (κ3) is 4.43. The molecule has 0 aliphatic carbocycles. The summed E-state index contributed by atoms with van der Waals surface area (Å²) in [5.41, 5.74) is 6.60. The highest BCUT2D eigenvalue weighted by Crippen LogP contribution is 2.40. The van der Waals surface area contributed by atoms with Gasteiger partial charge in [0, 0.05) is 23.6 Å². The van der Waals surface area contributed by atoms with E-state index in [2.05, 4.69) is 15.5 Å². The van der Waals surface area contributed by atoms with Gasteiger partial charge in [0.05, 0.1) is 28.7 Å². The van der Waals surface area contributed by atoms with Crippen LogP contribution < -0.4 is 20.7 Å². The summed E-state index contributed by atoms with van der Waals surface area (Å²) >= 11 is 2.27. The Morgan fingerprint density at radius 3 is 2.89 bits per heavy atom. The molecule has 0 radical (unpaired) electrons. The molecule has 0 spiro atoms. The molecule has 2 aliphatic rings. The second-order valence-corrected chi connectivity index (χ2v) is 12.0. The van der Waals surface area contributed by atoms with Gasteiger partial charge in [0.15, 0.2) is 10.8 Å². The molecule has 13 nitrogen and oxygen atoms in total. The number of hydrogen-bond donors (Lipinski definition) is 2. The van der Waals surface area contributed by atoms with Gasteiger partial charge in [0.1, 0.15) is 47.4 Å². The van der Waals surface area contributed by atoms with E-state index in [0.29, 0.717) is 11.3 Å². The fourth-order valence-electron chi connectivity index (χ4n) is 4.34. The van der Waals surface area contributed by atoms with Gasteiger partial charge in [0.2, 0.25) is 0 Å². The molecule has 3 aromatic heterocycles. The van der Waals surface area contributed by atoms with E-state index in [4.69, 9.17) is 10.6 Å². The Balaban J connectivity index is 1.39. The maximum Gasteiger partial charge on any atom is 0.286 e. The molecule has 1 saturated heterocycles. The molecular weight excluding hydrogens is 554 g/mol. The summed E-state index contributed by atoms with van der Waals surface area (Å²) in [4.78, 5) is 48.4. The predicted molar refractivity (Wildman–Crippen MR) is 137 cm³/mol. The van der Waals surface area contributed by atoms with Crippen LogP contribution in [0.2, 0.25) is 0 Å². The first-order valence-corrected chi connectivity index (χ1v) is 14.5. The summed E-state index contributed by atoms with van der Waals surface area (Å²) in [5, 5.41) is 17.9. The van der Waals surface area contributed by atoms with Crippen LogP contribution in [0.5, 0.6) is 0 Å². The van der Waals surface area contributed by atoms with E-state index in [0.717, 1.165) is 21.9 Å². The number of pyridine rings is 1. The van der Waals surface area contributed by atoms with Crippen molar-refractivity contribution in [2.75, 3.05) is 24.9 Å². The highest BCUT2D eigenvalue weighted by Gasteiger charge is 2.53. The molecule has 3 atom stereocenters. The Bertz CT molecular complexity index is 1560. The SMILES string of the molecule is CO/N=C(\C(=O)N[C@@H]1C(=O)N2C(C(=O)[O-])=C(C[n+]3ccn4ccccc43)CS[C@H]12)c1nc(N)sc1S(C)=O. The molecule has 5 rings (SSSR count). The van der Waals surface area contributed by atoms with Gasteiger partial charge in [-0.15, -0.1) is 11.8 Å². The molecular formula is C22H21N7O6S3. The van der Waals surface area contributed by atoms with Crippen molar-refractivity contribution in [3.8, 4) is 0 Å². The maximum atomic E-state index is 13.1. The molecule has 0 bridgehead atoms. The lowest BCUT2D eigenvalue weighted by Crippen LogP contribution is -2.71. The molecule has 2 amide bonds. The van der Waals surface area contributed by atoms with Crippen LogP contribution >= 0.6 is 23.1 Å². The minimum atomic E-state index is -1.51. The molecule has 3 N–H and O–H groups in total. The first-order valence-electron chi connectivity index (χ1n) is 11.1. The molecule has 0 aromatic carbocycles. The maximum absolute atomic E-state index is 13.1. The molecule has 2 aliphatic heterocycles. The quantitative estimate of drug-likeness (QED) is 0.140. The number of fused-ring (bicyclic) bond motifs is 2. The van der Waals surface area contributed by atoms with Crippen LogP contribution in [-0.2, 0) is 36.6 Å². The number of β-lactam (4-membered cyclic amide) rings is 1. The minimum Gasteiger partial charge on any atom is -0.543 e. The number of rotatable bonds is 8. The van der Waals surface area contributed by atoms with E-state index in [1.807, 2.05) is 45.8 Å². The largest absolute Gasteiger partial charge is 0.543 e. The molecule has 3 aromatic rings. The highest BCUT2D eigenvalue weighted by molar-refractivity contribution is 8.00. The number of carbonyl (C=O) groups is 3. The van der Waals surface area contributed by atoms with Crippen LogP contribution in [0.3, 0.4) is 0 Å². The molecule has 1 unspecified atom stereocenters. The normalized spacial score (nSPS) is 20.2. The first-order chi connectivity index (χ1) is 18.2. The molecule has 5 heterocycles. The summed E-state index contributed by atoms with van der Waals surface area (Å²) in [6.45, 7) is 0.247. The summed E-state index contributed by atoms with van der Waals surface area (Å²) < 4.78 is 16.1. The van der Waals surface area contributed by atoms with Crippen LogP contribution in [0, 0.1) is 0 Å². The van der Waals surface area contributed by atoms with Gasteiger partial charge in [-0.25, -0.2) is 14.0 Å². The van der Waals surface area contributed by atoms with Crippen molar-refractivity contribution in [3.63, 3.8) is 0 Å². The number of nitrogens with one attached hydrogen (secondary N) is 1. The number of thiazole rings is 1. The number of amides is 2. The average molecular weight is 576 g/mol. The predicted octanol–water partition coefficient (Wildman–Crippen LogP) is -1.54. The standard InChI is InChI=1S/C22H21N7O6S3/c1-35-26-13(14-21(38(2)34)37-22(23)25-14)17(30)24-15-18(31)29-16(20(32)33)11(10-36-19(15)29)9-28-8-7-27-6-4-3-5-12(27)28/h3-8,15,19H,9-10H2,1-2H3,(H3-,23,24,25,30,32,33)/b26-13-/t15-,19-,38?/m1/s1. The number of carboxylic acid groups (broad SMARTS) is 1. The lowest BCUT2D eigenvalue weighted by molar-refractivity contribution is -0.662. The number of carboxylic acids is 1. The van der Waals surface area contributed by atoms with E-state index in [-0.39, 0.29) is 33.0 Å². The number of imidazole rings is 1. The summed E-state index contributed by atoms with van der Waals surface area (Å²) in [5.74, 6) is -2.57. The van der Waals surface area contributed by atoms with Crippen LogP contribution in [0.15, 0.2) is 57.4 Å². The summed E-state index contributed by atoms with van der Waals surface area (Å²) in [6.07, 6.45) is 6.96. The number of hydrogen-bond acceptors (Lipinski definition) is 11. The molecule has 198 valence electrons. The van der Waals surface area contributed by atoms with Gasteiger partial charge in [-0.2, -0.15) is 0 Å². The smallest absolute Gasteiger partial charge is 0.286 e. The number of nitrogens with zero attached hydrogens (tertiary/aromatic N) is 5. The summed E-state index contributed by atoms with van der Waals surface area (Å²) in [6, 6.07) is 4.62. The monoisotopic (exact) mass is 575 g/mol. The van der Waals surface area contributed by atoms with Crippen molar-refractivity contribution in [1.29, 1.82) is 0 Å². The van der Waals surface area contributed by atoms with Gasteiger partial charge >= 0.3 is 0 Å². The number of oxime groups is 1. The Hall–Kier alpha value is -3.76. The zero-order valence-electron chi connectivity index (χ0n) is 20.0. The second-order valence-electron chi connectivity index (χ2n) is 8.26. The van der Waals surface area contributed by atoms with Crippen molar-refractivity contribution >= 4 is 68.2 Å². The van der Waals surface area contributed by atoms with Gasteiger partial charge in [-0.3, -0.25) is 18.7 Å². The van der Waals surface area contributed by atoms with Crippen LogP contribution in [0.25, 0.3) is 5.65 Å². The molecule has 38 heavy (non-hydrogen) atoms. The lowest BCUT2D eigenvalue weighted by atomic mass is 10.0. The van der Waals surface area contributed by atoms with Crippen molar-refractivity contribution in [3.05, 3.63) is 53.8 Å². The van der Waals surface area contributed by atoms with Gasteiger partial charge < -0.3 is 25.8 Å². The van der Waals surface area contributed by atoms with Crippen molar-refractivity contribution in [1.82, 2.24) is 19.6 Å². The molecule has 0 saturated carbocycles. The second kappa shape index (κ2) is 10.2. The average Bonchev–Trinajstić information content (AvgIpc) is 3.48. The molecule has 16 heteroatoms. The van der Waals surface area contributed by atoms with Crippen molar-refractivity contribution in [2.45, 2.75) is 22.2 Å². The lowest BCUT2D eigenvalue weighted by Gasteiger charge is -2.50. The van der Waals surface area contributed by atoms with Gasteiger partial charge in [-0.05, 0) is 6.07 Å². The van der Waals surface area contributed by atoms with Crippen molar-refractivity contribution in [2.24, 2.45) is 5.16 Å². The Kier molecular flexibility index (Phi) is 6.93. The third-order valence-corrected chi connectivity index (χ3v) is 9.64. The fraction of sp³-hybridized carbons (Fsp3) is 0.273. The van der Waals surface area contributed by atoms with Gasteiger partial charge in [-0.1, -0.05) is 22.6 Å². The fourth-order valence-corrected chi connectivity index (χ4v) is 7.38. The number of carbonyl (C=O) groups excluding carboxylic acids is 3. The first kappa shape index (κ1) is 25.9. The van der Waals surface area contributed by atoms with E-state index >= 15 is 0 Å². The van der Waals surface area contributed by atoms with E-state index in [1.54, 1.807) is 0 Å². The van der Waals surface area contributed by atoms with Crippen LogP contribution in [0.1, 0.15) is 5.69 Å². The van der Waals surface area contributed by atoms with E-state index in [9.17, 15) is 23.7 Å². The number of thioether (sulfide) groups is 1. The Morgan fingerprint density at radius 2 is 2.18 bits per heavy atom. The summed E-state index contributed by atoms with van der Waals surface area (Å²) in [7, 11) is -0.287. The topological polar surface area (TPSA) is 175 Å². The van der Waals surface area contributed by atoms with Crippen molar-refractivity contribution < 1.29 is 33.1 Å². The Labute approximate surface area is 226 Å². The number of aliphatic carboxylic acids is 1. The number of anilines is 1. The van der Waals surface area contributed by atoms with Crippen LogP contribution in [-0.4, -0.2) is 72.5 Å². The van der Waals surface area contributed by atoms with E-state index < -0.39 is 40.0 Å². The Morgan fingerprint density at radius 1 is 1.39 bits per heavy atom. The number of aromatic nitrogens is 3. The van der Waals surface area contributed by atoms with Gasteiger partial charge in [0.25, 0.3) is 17.5 Å².